The summed E-state index contributed by atoms with van der Waals surface area (Å²) in [6.07, 6.45) is -0.719. The molecule has 2 aromatic carbocycles. The number of alkyl carbamates (subject to hydrolysis) is 1. The van der Waals surface area contributed by atoms with Crippen LogP contribution in [0.25, 0.3) is 0 Å². The first-order valence-electron chi connectivity index (χ1n) is 9.59. The average molecular weight is 412 g/mol. The molecule has 0 spiro atoms. The molecule has 2 aromatic rings. The number of ketones is 1. The predicted octanol–water partition coefficient (Wildman–Crippen LogP) is 3.50. The van der Waals surface area contributed by atoms with Crippen molar-refractivity contribution in [3.8, 4) is 0 Å². The van der Waals surface area contributed by atoms with Gasteiger partial charge in [0.15, 0.2) is 5.78 Å². The van der Waals surface area contributed by atoms with E-state index in [-0.39, 0.29) is 12.2 Å². The zero-order chi connectivity index (χ0) is 22.5. The van der Waals surface area contributed by atoms with Gasteiger partial charge in [-0.25, -0.2) is 9.59 Å². The van der Waals surface area contributed by atoms with Crippen LogP contribution < -0.4 is 10.2 Å². The smallest absolute Gasteiger partial charge is 0.408 e. The van der Waals surface area contributed by atoms with Crippen LogP contribution in [-0.4, -0.2) is 48.7 Å². The van der Waals surface area contributed by atoms with E-state index in [1.807, 2.05) is 31.1 Å². The Balaban J connectivity index is 2.07. The summed E-state index contributed by atoms with van der Waals surface area (Å²) in [6, 6.07) is 12.9. The van der Waals surface area contributed by atoms with Gasteiger partial charge in [0, 0.05) is 37.3 Å². The van der Waals surface area contributed by atoms with E-state index in [0.717, 1.165) is 5.69 Å². The van der Waals surface area contributed by atoms with Gasteiger partial charge in [0.1, 0.15) is 11.6 Å². The average Bonchev–Trinajstić information content (AvgIpc) is 2.66. The van der Waals surface area contributed by atoms with Gasteiger partial charge < -0.3 is 20.1 Å². The Hall–Kier alpha value is -3.35. The first-order valence-corrected chi connectivity index (χ1v) is 9.59. The number of ether oxygens (including phenoxy) is 1. The molecule has 1 atom stereocenters. The van der Waals surface area contributed by atoms with Crippen molar-refractivity contribution in [2.45, 2.75) is 38.8 Å². The summed E-state index contributed by atoms with van der Waals surface area (Å²) in [7, 11) is 3.86. The van der Waals surface area contributed by atoms with E-state index < -0.39 is 23.7 Å². The van der Waals surface area contributed by atoms with E-state index in [9.17, 15) is 19.5 Å². The van der Waals surface area contributed by atoms with Crippen molar-refractivity contribution in [3.63, 3.8) is 0 Å². The third kappa shape index (κ3) is 6.62. The van der Waals surface area contributed by atoms with Crippen LogP contribution >= 0.6 is 0 Å². The van der Waals surface area contributed by atoms with Gasteiger partial charge in [-0.05, 0) is 50.6 Å². The molecule has 1 amide bonds. The molecule has 7 heteroatoms. The highest BCUT2D eigenvalue weighted by atomic mass is 16.6. The first kappa shape index (κ1) is 22.9. The maximum Gasteiger partial charge on any atom is 0.408 e. The van der Waals surface area contributed by atoms with Gasteiger partial charge in [0.05, 0.1) is 0 Å². The number of aliphatic carboxylic acids is 1. The standard InChI is InChI=1S/C23H28N2O5/c1-23(2,3)30-22(29)24-19(21(27)28)14-15-6-8-16(9-7-15)20(26)17-10-12-18(13-11-17)25(4)5/h6-13,19H,14H2,1-5H3,(H,24,29)(H,27,28)/t19-/m0/s1. The summed E-state index contributed by atoms with van der Waals surface area (Å²) < 4.78 is 5.12. The van der Waals surface area contributed by atoms with E-state index >= 15 is 0 Å². The fourth-order valence-corrected chi connectivity index (χ4v) is 2.76. The molecule has 7 nitrogen and oxygen atoms in total. The van der Waals surface area contributed by atoms with Gasteiger partial charge in [-0.2, -0.15) is 0 Å². The van der Waals surface area contributed by atoms with Crippen LogP contribution in [0.4, 0.5) is 10.5 Å². The lowest BCUT2D eigenvalue weighted by molar-refractivity contribution is -0.139. The number of nitrogens with one attached hydrogen (secondary N) is 1. The summed E-state index contributed by atoms with van der Waals surface area (Å²) in [6.45, 7) is 5.10. The highest BCUT2D eigenvalue weighted by molar-refractivity contribution is 6.09. The summed E-state index contributed by atoms with van der Waals surface area (Å²) >= 11 is 0. The Labute approximate surface area is 176 Å². The summed E-state index contributed by atoms with van der Waals surface area (Å²) in [5.74, 6) is -1.28. The largest absolute Gasteiger partial charge is 0.480 e. The molecule has 0 aromatic heterocycles. The minimum atomic E-state index is -1.16. The SMILES string of the molecule is CN(C)c1ccc(C(=O)c2ccc(C[C@H](NC(=O)OC(C)(C)C)C(=O)O)cc2)cc1. The van der Waals surface area contributed by atoms with Crippen molar-refractivity contribution >= 4 is 23.5 Å². The van der Waals surface area contributed by atoms with Crippen LogP contribution in [0.15, 0.2) is 48.5 Å². The van der Waals surface area contributed by atoms with Crippen molar-refractivity contribution in [3.05, 3.63) is 65.2 Å². The Morgan fingerprint density at radius 1 is 0.967 bits per heavy atom. The topological polar surface area (TPSA) is 95.9 Å². The molecule has 2 rings (SSSR count). The molecule has 0 aliphatic heterocycles. The Kier molecular flexibility index (Phi) is 7.21. The minimum absolute atomic E-state index is 0.0700. The second kappa shape index (κ2) is 9.43. The van der Waals surface area contributed by atoms with Gasteiger partial charge in [0.25, 0.3) is 0 Å². The number of hydrogen-bond donors (Lipinski definition) is 2. The molecule has 160 valence electrons. The number of anilines is 1. The minimum Gasteiger partial charge on any atom is -0.480 e. The van der Waals surface area contributed by atoms with E-state index in [1.165, 1.54) is 0 Å². The number of rotatable bonds is 7. The number of hydrogen-bond acceptors (Lipinski definition) is 5. The van der Waals surface area contributed by atoms with Crippen LogP contribution in [0.2, 0.25) is 0 Å². The normalized spacial score (nSPS) is 12.0. The molecule has 30 heavy (non-hydrogen) atoms. The van der Waals surface area contributed by atoms with Gasteiger partial charge in [-0.1, -0.05) is 24.3 Å². The van der Waals surface area contributed by atoms with Crippen LogP contribution in [0.1, 0.15) is 42.3 Å². The summed E-state index contributed by atoms with van der Waals surface area (Å²) in [4.78, 5) is 38.0. The number of carboxylic acids is 1. The van der Waals surface area contributed by atoms with E-state index in [1.54, 1.807) is 57.2 Å². The van der Waals surface area contributed by atoms with Crippen molar-refractivity contribution < 1.29 is 24.2 Å². The molecular weight excluding hydrogens is 384 g/mol. The fourth-order valence-electron chi connectivity index (χ4n) is 2.76. The molecule has 0 saturated carbocycles. The van der Waals surface area contributed by atoms with Crippen LogP contribution in [0.5, 0.6) is 0 Å². The molecule has 0 fully saturated rings. The lowest BCUT2D eigenvalue weighted by Crippen LogP contribution is -2.44. The van der Waals surface area contributed by atoms with Crippen LogP contribution in [0.3, 0.4) is 0 Å². The molecule has 2 N–H and O–H groups in total. The maximum atomic E-state index is 12.7. The molecule has 0 aliphatic rings. The zero-order valence-electron chi connectivity index (χ0n) is 17.9. The Morgan fingerprint density at radius 3 is 1.90 bits per heavy atom. The maximum absolute atomic E-state index is 12.7. The first-order chi connectivity index (χ1) is 14.0. The quantitative estimate of drug-likeness (QED) is 0.676. The number of benzene rings is 2. The number of nitrogens with zero attached hydrogens (tertiary/aromatic N) is 1. The molecule has 0 heterocycles. The van der Waals surface area contributed by atoms with Crippen molar-refractivity contribution in [1.82, 2.24) is 5.32 Å². The van der Waals surface area contributed by atoms with Gasteiger partial charge in [-0.3, -0.25) is 4.79 Å². The number of amides is 1. The molecule has 0 radical (unpaired) electrons. The third-order valence-electron chi connectivity index (χ3n) is 4.29. The van der Waals surface area contributed by atoms with E-state index in [2.05, 4.69) is 5.32 Å². The molecule has 0 aliphatic carbocycles. The van der Waals surface area contributed by atoms with Crippen LogP contribution in [-0.2, 0) is 16.0 Å². The van der Waals surface area contributed by atoms with E-state index in [0.29, 0.717) is 16.7 Å². The summed E-state index contributed by atoms with van der Waals surface area (Å²) in [5, 5.41) is 11.8. The highest BCUT2D eigenvalue weighted by Crippen LogP contribution is 2.17. The van der Waals surface area contributed by atoms with E-state index in [4.69, 9.17) is 4.74 Å². The summed E-state index contributed by atoms with van der Waals surface area (Å²) in [5.41, 5.74) is 2.03. The molecular formula is C23H28N2O5. The predicted molar refractivity (Wildman–Crippen MR) is 115 cm³/mol. The zero-order valence-corrected chi connectivity index (χ0v) is 17.9. The molecule has 0 saturated heterocycles. The lowest BCUT2D eigenvalue weighted by Gasteiger charge is -2.22. The highest BCUT2D eigenvalue weighted by Gasteiger charge is 2.24. The second-order valence-corrected chi connectivity index (χ2v) is 8.21. The Bertz CT molecular complexity index is 897. The van der Waals surface area contributed by atoms with Crippen molar-refractivity contribution in [2.24, 2.45) is 0 Å². The number of carbonyl (C=O) groups is 3. The fraction of sp³-hybridized carbons (Fsp3) is 0.348. The Morgan fingerprint density at radius 2 is 1.47 bits per heavy atom. The van der Waals surface area contributed by atoms with Crippen LogP contribution in [0, 0.1) is 0 Å². The monoisotopic (exact) mass is 412 g/mol. The molecule has 0 unspecified atom stereocenters. The number of carboxylic acid groups (broad SMARTS) is 1. The molecule has 0 bridgehead atoms. The van der Waals surface area contributed by atoms with Crippen molar-refractivity contribution in [1.29, 1.82) is 0 Å². The van der Waals surface area contributed by atoms with Gasteiger partial charge in [-0.15, -0.1) is 0 Å². The number of carbonyl (C=O) groups excluding carboxylic acids is 2. The lowest BCUT2D eigenvalue weighted by atomic mass is 9.99. The van der Waals surface area contributed by atoms with Crippen molar-refractivity contribution in [2.75, 3.05) is 19.0 Å². The second-order valence-electron chi connectivity index (χ2n) is 8.21. The third-order valence-corrected chi connectivity index (χ3v) is 4.29. The van der Waals surface area contributed by atoms with Gasteiger partial charge in [0.2, 0.25) is 0 Å². The van der Waals surface area contributed by atoms with Gasteiger partial charge >= 0.3 is 12.1 Å².